The van der Waals surface area contributed by atoms with Crippen molar-refractivity contribution in [2.24, 2.45) is 4.99 Å². The molecule has 2 aromatic carbocycles. The van der Waals surface area contributed by atoms with Crippen LogP contribution in [-0.2, 0) is 4.79 Å². The van der Waals surface area contributed by atoms with Crippen molar-refractivity contribution in [3.8, 4) is 5.75 Å². The third kappa shape index (κ3) is 4.29. The monoisotopic (exact) mass is 449 g/mol. The van der Waals surface area contributed by atoms with Crippen molar-refractivity contribution in [3.63, 3.8) is 0 Å². The lowest BCUT2D eigenvalue weighted by Gasteiger charge is -2.47. The molecule has 4 rings (SSSR count). The first-order valence-electron chi connectivity index (χ1n) is 11.1. The smallest absolute Gasteiger partial charge is 0.264 e. The van der Waals surface area contributed by atoms with E-state index >= 15 is 0 Å². The Kier molecular flexibility index (Phi) is 6.08. The molecule has 0 saturated carbocycles. The van der Waals surface area contributed by atoms with E-state index in [4.69, 9.17) is 4.74 Å². The highest BCUT2D eigenvalue weighted by atomic mass is 32.2. The molecule has 0 aliphatic carbocycles. The summed E-state index contributed by atoms with van der Waals surface area (Å²) < 4.78 is 5.74. The van der Waals surface area contributed by atoms with Gasteiger partial charge in [0.05, 0.1) is 17.7 Å². The summed E-state index contributed by atoms with van der Waals surface area (Å²) in [7, 11) is 1.68. The van der Waals surface area contributed by atoms with Crippen LogP contribution in [0.5, 0.6) is 5.75 Å². The number of amides is 1. The number of nitrogens with zero attached hydrogens (tertiary/aromatic N) is 2. The molecule has 2 aliphatic heterocycles. The number of hydrogen-bond donors (Lipinski definition) is 1. The van der Waals surface area contributed by atoms with Gasteiger partial charge >= 0.3 is 0 Å². The summed E-state index contributed by atoms with van der Waals surface area (Å²) in [6.07, 6.45) is 3.00. The summed E-state index contributed by atoms with van der Waals surface area (Å²) in [5.74, 6) is 1.07. The van der Waals surface area contributed by atoms with Gasteiger partial charge in [-0.05, 0) is 81.6 Å². The fourth-order valence-corrected chi connectivity index (χ4v) is 5.61. The van der Waals surface area contributed by atoms with Crippen LogP contribution in [0.1, 0.15) is 56.7 Å². The van der Waals surface area contributed by atoms with Gasteiger partial charge in [-0.1, -0.05) is 24.6 Å². The SMILES string of the molecule is CCN1c2cc(OC)c(/C=C3/SC(=Nc4ccc(C)cc4)NC3=O)cc2C(C)CC1(C)C. The minimum atomic E-state index is -0.134. The molecule has 168 valence electrons. The molecule has 0 radical (unpaired) electrons. The van der Waals surface area contributed by atoms with Crippen molar-refractivity contribution in [2.45, 2.75) is 52.5 Å². The third-order valence-corrected chi connectivity index (χ3v) is 7.17. The number of ether oxygens (including phenoxy) is 1. The van der Waals surface area contributed by atoms with Crippen LogP contribution >= 0.6 is 11.8 Å². The number of rotatable bonds is 4. The summed E-state index contributed by atoms with van der Waals surface area (Å²) in [6, 6.07) is 12.2. The van der Waals surface area contributed by atoms with Crippen LogP contribution < -0.4 is 15.0 Å². The molecule has 0 aromatic heterocycles. The van der Waals surface area contributed by atoms with Crippen molar-refractivity contribution in [3.05, 3.63) is 58.0 Å². The van der Waals surface area contributed by atoms with Crippen molar-refractivity contribution in [1.82, 2.24) is 5.32 Å². The molecule has 0 spiro atoms. The molecule has 1 saturated heterocycles. The van der Waals surface area contributed by atoms with Crippen LogP contribution in [0.15, 0.2) is 46.3 Å². The number of amidine groups is 1. The molecule has 1 amide bonds. The average Bonchev–Trinajstić information content (AvgIpc) is 3.08. The standard InChI is InChI=1S/C26H31N3O2S/c1-7-29-21-14-22(31-6)18(12-20(21)17(3)15-26(29,4)5)13-23-24(30)28-25(32-23)27-19-10-8-16(2)9-11-19/h8-14,17H,7,15H2,1-6H3,(H,27,28,30)/b23-13+. The van der Waals surface area contributed by atoms with Gasteiger partial charge in [0.2, 0.25) is 0 Å². The maximum Gasteiger partial charge on any atom is 0.264 e. The number of anilines is 1. The molecule has 1 atom stereocenters. The van der Waals surface area contributed by atoms with Gasteiger partial charge in [0.15, 0.2) is 5.17 Å². The van der Waals surface area contributed by atoms with Gasteiger partial charge in [0.1, 0.15) is 5.75 Å². The molecule has 1 unspecified atom stereocenters. The van der Waals surface area contributed by atoms with Gasteiger partial charge in [-0.2, -0.15) is 0 Å². The molecule has 2 aliphatic rings. The van der Waals surface area contributed by atoms with Crippen molar-refractivity contribution in [1.29, 1.82) is 0 Å². The van der Waals surface area contributed by atoms with Crippen molar-refractivity contribution < 1.29 is 9.53 Å². The molecule has 32 heavy (non-hydrogen) atoms. The molecule has 6 heteroatoms. The molecular weight excluding hydrogens is 418 g/mol. The van der Waals surface area contributed by atoms with E-state index in [1.54, 1.807) is 7.11 Å². The normalized spacial score (nSPS) is 22.2. The predicted molar refractivity (Wildman–Crippen MR) is 135 cm³/mol. The number of aryl methyl sites for hydroxylation is 1. The second-order valence-electron chi connectivity index (χ2n) is 9.13. The van der Waals surface area contributed by atoms with E-state index in [-0.39, 0.29) is 11.4 Å². The predicted octanol–water partition coefficient (Wildman–Crippen LogP) is 6.01. The van der Waals surface area contributed by atoms with E-state index in [9.17, 15) is 4.79 Å². The molecule has 1 fully saturated rings. The fourth-order valence-electron chi connectivity index (χ4n) is 4.77. The van der Waals surface area contributed by atoms with E-state index in [0.29, 0.717) is 16.0 Å². The van der Waals surface area contributed by atoms with Gasteiger partial charge in [-0.15, -0.1) is 0 Å². The first kappa shape index (κ1) is 22.5. The van der Waals surface area contributed by atoms with Gasteiger partial charge in [-0.3, -0.25) is 4.79 Å². The Hall–Kier alpha value is -2.73. The molecule has 0 bridgehead atoms. The Morgan fingerprint density at radius 3 is 2.66 bits per heavy atom. The topological polar surface area (TPSA) is 53.9 Å². The maximum atomic E-state index is 12.6. The highest BCUT2D eigenvalue weighted by Crippen LogP contribution is 2.46. The number of carbonyl (C=O) groups is 1. The Balaban J connectivity index is 1.69. The van der Waals surface area contributed by atoms with Crippen molar-refractivity contribution >= 4 is 40.3 Å². The van der Waals surface area contributed by atoms with Gasteiger partial charge in [0, 0.05) is 29.4 Å². The minimum absolute atomic E-state index is 0.0920. The summed E-state index contributed by atoms with van der Waals surface area (Å²) in [5.41, 5.74) is 5.53. The van der Waals surface area contributed by atoms with E-state index in [2.05, 4.69) is 55.0 Å². The average molecular weight is 450 g/mol. The fraction of sp³-hybridized carbons (Fsp3) is 0.385. The highest BCUT2D eigenvalue weighted by Gasteiger charge is 2.36. The third-order valence-electron chi connectivity index (χ3n) is 6.26. The molecule has 2 aromatic rings. The Morgan fingerprint density at radius 2 is 2.00 bits per heavy atom. The maximum absolute atomic E-state index is 12.6. The number of carbonyl (C=O) groups excluding carboxylic acids is 1. The van der Waals surface area contributed by atoms with Crippen LogP contribution in [0.4, 0.5) is 11.4 Å². The number of aliphatic imine (C=N–C) groups is 1. The lowest BCUT2D eigenvalue weighted by atomic mass is 9.79. The summed E-state index contributed by atoms with van der Waals surface area (Å²) in [6.45, 7) is 12.0. The van der Waals surface area contributed by atoms with Crippen LogP contribution in [0.3, 0.4) is 0 Å². The molecule has 2 heterocycles. The lowest BCUT2D eigenvalue weighted by Crippen LogP contribution is -2.48. The van der Waals surface area contributed by atoms with Gasteiger partial charge in [-0.25, -0.2) is 4.99 Å². The minimum Gasteiger partial charge on any atom is -0.496 e. The number of methoxy groups -OCH3 is 1. The van der Waals surface area contributed by atoms with Crippen LogP contribution in [0.2, 0.25) is 0 Å². The van der Waals surface area contributed by atoms with Crippen LogP contribution in [-0.4, -0.2) is 30.3 Å². The van der Waals surface area contributed by atoms with E-state index < -0.39 is 0 Å². The Morgan fingerprint density at radius 1 is 1.28 bits per heavy atom. The zero-order chi connectivity index (χ0) is 23.0. The number of fused-ring (bicyclic) bond motifs is 1. The number of hydrogen-bond acceptors (Lipinski definition) is 5. The first-order chi connectivity index (χ1) is 15.2. The quantitative estimate of drug-likeness (QED) is 0.581. The molecule has 5 nitrogen and oxygen atoms in total. The summed E-state index contributed by atoms with van der Waals surface area (Å²) in [4.78, 5) is 20.3. The molecular formula is C26H31N3O2S. The van der Waals surface area contributed by atoms with Crippen LogP contribution in [0, 0.1) is 6.92 Å². The Bertz CT molecular complexity index is 1100. The number of benzene rings is 2. The first-order valence-corrected chi connectivity index (χ1v) is 11.9. The van der Waals surface area contributed by atoms with Crippen molar-refractivity contribution in [2.75, 3.05) is 18.6 Å². The van der Waals surface area contributed by atoms with Gasteiger partial charge < -0.3 is 15.0 Å². The molecule has 1 N–H and O–H groups in total. The summed E-state index contributed by atoms with van der Waals surface area (Å²) in [5, 5.41) is 3.47. The van der Waals surface area contributed by atoms with Gasteiger partial charge in [0.25, 0.3) is 5.91 Å². The van der Waals surface area contributed by atoms with Crippen LogP contribution in [0.25, 0.3) is 6.08 Å². The van der Waals surface area contributed by atoms with E-state index in [1.807, 2.05) is 37.3 Å². The Labute approximate surface area is 194 Å². The zero-order valence-electron chi connectivity index (χ0n) is 19.7. The highest BCUT2D eigenvalue weighted by molar-refractivity contribution is 8.18. The van der Waals surface area contributed by atoms with E-state index in [0.717, 1.165) is 30.0 Å². The second-order valence-corrected chi connectivity index (χ2v) is 10.2. The largest absolute Gasteiger partial charge is 0.496 e. The second kappa shape index (κ2) is 8.66. The number of nitrogens with one attached hydrogen (secondary N) is 1. The summed E-state index contributed by atoms with van der Waals surface area (Å²) >= 11 is 1.36. The lowest BCUT2D eigenvalue weighted by molar-refractivity contribution is -0.115. The van der Waals surface area contributed by atoms with E-state index in [1.165, 1.54) is 28.6 Å². The number of thioether (sulfide) groups is 1. The zero-order valence-corrected chi connectivity index (χ0v) is 20.5.